The Morgan fingerprint density at radius 3 is 2.58 bits per heavy atom. The largest absolute Gasteiger partial charge is 0.480 e. The second-order valence-corrected chi connectivity index (χ2v) is 6.35. The van der Waals surface area contributed by atoms with Crippen LogP contribution in [0.25, 0.3) is 0 Å². The molecule has 0 spiro atoms. The second kappa shape index (κ2) is 8.72. The number of hydrogen-bond acceptors (Lipinski definition) is 2. The van der Waals surface area contributed by atoms with Crippen LogP contribution >= 0.6 is 35.0 Å². The molecule has 0 heterocycles. The van der Waals surface area contributed by atoms with Crippen LogP contribution in [-0.4, -0.2) is 16.8 Å². The summed E-state index contributed by atoms with van der Waals surface area (Å²) in [6.45, 7) is 2.16. The number of carboxylic acid groups (broad SMARTS) is 1. The summed E-state index contributed by atoms with van der Waals surface area (Å²) in [6.07, 6.45) is 4.58. The van der Waals surface area contributed by atoms with E-state index in [-0.39, 0.29) is 0 Å². The normalized spacial score (nSPS) is 12.4. The first kappa shape index (κ1) is 16.7. The number of benzene rings is 1. The maximum atomic E-state index is 11.3. The highest BCUT2D eigenvalue weighted by molar-refractivity contribution is 8.00. The highest BCUT2D eigenvalue weighted by Gasteiger charge is 2.20. The van der Waals surface area contributed by atoms with Crippen molar-refractivity contribution in [3.8, 4) is 0 Å². The minimum Gasteiger partial charge on any atom is -0.480 e. The molecule has 19 heavy (non-hydrogen) atoms. The summed E-state index contributed by atoms with van der Waals surface area (Å²) in [6, 6.07) is 5.01. The first-order valence-corrected chi connectivity index (χ1v) is 8.16. The van der Waals surface area contributed by atoms with Crippen LogP contribution < -0.4 is 0 Å². The molecular formula is C14H18Cl2O2S. The van der Waals surface area contributed by atoms with Gasteiger partial charge < -0.3 is 5.11 Å². The summed E-state index contributed by atoms with van der Waals surface area (Å²) in [5.41, 5.74) is 0.697. The Bertz CT molecular complexity index is 424. The van der Waals surface area contributed by atoms with Crippen molar-refractivity contribution in [3.05, 3.63) is 33.8 Å². The number of carboxylic acids is 1. The average Bonchev–Trinajstić information content (AvgIpc) is 2.37. The third-order valence-corrected chi connectivity index (χ3v) is 4.82. The Labute approximate surface area is 128 Å². The van der Waals surface area contributed by atoms with Gasteiger partial charge in [0.05, 0.1) is 10.0 Å². The van der Waals surface area contributed by atoms with Crippen molar-refractivity contribution in [2.75, 3.05) is 5.75 Å². The topological polar surface area (TPSA) is 37.3 Å². The van der Waals surface area contributed by atoms with Crippen molar-refractivity contribution in [1.29, 1.82) is 0 Å². The summed E-state index contributed by atoms with van der Waals surface area (Å²) in [5.74, 6) is 0.0101. The van der Waals surface area contributed by atoms with Gasteiger partial charge in [-0.3, -0.25) is 4.79 Å². The lowest BCUT2D eigenvalue weighted by Gasteiger charge is -2.13. The molecule has 0 saturated heterocycles. The first-order valence-electron chi connectivity index (χ1n) is 6.35. The Hall–Kier alpha value is -0.380. The quantitative estimate of drug-likeness (QED) is 0.648. The van der Waals surface area contributed by atoms with Gasteiger partial charge in [-0.1, -0.05) is 55.5 Å². The molecule has 1 unspecified atom stereocenters. The van der Waals surface area contributed by atoms with Gasteiger partial charge in [0.15, 0.2) is 0 Å². The zero-order valence-corrected chi connectivity index (χ0v) is 13.2. The Morgan fingerprint density at radius 2 is 2.00 bits per heavy atom. The van der Waals surface area contributed by atoms with Crippen LogP contribution in [0.2, 0.25) is 10.0 Å². The number of halogens is 2. The van der Waals surface area contributed by atoms with Crippen molar-refractivity contribution < 1.29 is 9.90 Å². The van der Waals surface area contributed by atoms with Gasteiger partial charge in [0.1, 0.15) is 5.25 Å². The third kappa shape index (κ3) is 5.64. The molecule has 0 fully saturated rings. The standard InChI is InChI=1S/C14H18Cl2O2S/c1-2-3-4-5-8-19-13(14(17)18)10-6-7-11(15)12(16)9-10/h6-7,9,13H,2-5,8H2,1H3,(H,17,18). The van der Waals surface area contributed by atoms with Crippen LogP contribution in [0.3, 0.4) is 0 Å². The maximum Gasteiger partial charge on any atom is 0.321 e. The first-order chi connectivity index (χ1) is 9.06. The monoisotopic (exact) mass is 320 g/mol. The highest BCUT2D eigenvalue weighted by Crippen LogP contribution is 2.33. The molecule has 5 heteroatoms. The molecule has 1 aromatic carbocycles. The summed E-state index contributed by atoms with van der Waals surface area (Å²) >= 11 is 13.2. The highest BCUT2D eigenvalue weighted by atomic mass is 35.5. The molecule has 2 nitrogen and oxygen atoms in total. The fourth-order valence-electron chi connectivity index (χ4n) is 1.72. The average molecular weight is 321 g/mol. The van der Waals surface area contributed by atoms with Gasteiger partial charge in [-0.25, -0.2) is 0 Å². The van der Waals surface area contributed by atoms with E-state index in [0.29, 0.717) is 15.6 Å². The predicted molar refractivity (Wildman–Crippen MR) is 83.4 cm³/mol. The zero-order valence-electron chi connectivity index (χ0n) is 10.9. The van der Waals surface area contributed by atoms with Crippen LogP contribution in [0, 0.1) is 0 Å². The summed E-state index contributed by atoms with van der Waals surface area (Å²) < 4.78 is 0. The lowest BCUT2D eigenvalue weighted by atomic mass is 10.1. The van der Waals surface area contributed by atoms with E-state index in [4.69, 9.17) is 23.2 Å². The van der Waals surface area contributed by atoms with Gasteiger partial charge in [0.2, 0.25) is 0 Å². The van der Waals surface area contributed by atoms with Gasteiger partial charge in [-0.2, -0.15) is 0 Å². The molecule has 1 N–H and O–H groups in total. The summed E-state index contributed by atoms with van der Waals surface area (Å²) in [5, 5.41) is 9.57. The minimum atomic E-state index is -0.834. The van der Waals surface area contributed by atoms with Crippen LogP contribution in [0.5, 0.6) is 0 Å². The van der Waals surface area contributed by atoms with E-state index in [2.05, 4.69) is 6.92 Å². The van der Waals surface area contributed by atoms with Crippen molar-refractivity contribution in [1.82, 2.24) is 0 Å². The number of hydrogen-bond donors (Lipinski definition) is 1. The molecule has 1 aromatic rings. The fourth-order valence-corrected chi connectivity index (χ4v) is 3.11. The van der Waals surface area contributed by atoms with E-state index in [9.17, 15) is 9.90 Å². The molecule has 0 bridgehead atoms. The molecule has 0 saturated carbocycles. The Kier molecular flexibility index (Phi) is 7.66. The van der Waals surface area contributed by atoms with Crippen molar-refractivity contribution >= 4 is 40.9 Å². The Morgan fingerprint density at radius 1 is 1.26 bits per heavy atom. The molecule has 0 amide bonds. The van der Waals surface area contributed by atoms with E-state index in [1.165, 1.54) is 24.6 Å². The van der Waals surface area contributed by atoms with Crippen LogP contribution in [0.15, 0.2) is 18.2 Å². The summed E-state index contributed by atoms with van der Waals surface area (Å²) in [7, 11) is 0. The lowest BCUT2D eigenvalue weighted by Crippen LogP contribution is -2.08. The SMILES string of the molecule is CCCCCCSC(C(=O)O)c1ccc(Cl)c(Cl)c1. The predicted octanol–water partition coefficient (Wildman–Crippen LogP) is 5.43. The molecule has 1 atom stereocenters. The maximum absolute atomic E-state index is 11.3. The smallest absolute Gasteiger partial charge is 0.321 e. The van der Waals surface area contributed by atoms with Crippen molar-refractivity contribution in [3.63, 3.8) is 0 Å². The van der Waals surface area contributed by atoms with Crippen LogP contribution in [0.4, 0.5) is 0 Å². The lowest BCUT2D eigenvalue weighted by molar-refractivity contribution is -0.136. The van der Waals surface area contributed by atoms with Crippen LogP contribution in [-0.2, 0) is 4.79 Å². The Balaban J connectivity index is 2.61. The zero-order chi connectivity index (χ0) is 14.3. The van der Waals surface area contributed by atoms with Crippen LogP contribution in [0.1, 0.15) is 43.4 Å². The van der Waals surface area contributed by atoms with Gasteiger partial charge in [-0.15, -0.1) is 11.8 Å². The van der Waals surface area contributed by atoms with E-state index in [1.807, 2.05) is 0 Å². The van der Waals surface area contributed by atoms with E-state index in [1.54, 1.807) is 18.2 Å². The number of aliphatic carboxylic acids is 1. The van der Waals surface area contributed by atoms with Gasteiger partial charge in [0, 0.05) is 0 Å². The molecule has 0 radical (unpaired) electrons. The minimum absolute atomic E-state index is 0.400. The second-order valence-electron chi connectivity index (χ2n) is 4.32. The molecule has 0 aliphatic carbocycles. The van der Waals surface area contributed by atoms with Gasteiger partial charge in [0.25, 0.3) is 0 Å². The molecule has 106 valence electrons. The van der Waals surface area contributed by atoms with Crippen molar-refractivity contribution in [2.45, 2.75) is 37.9 Å². The van der Waals surface area contributed by atoms with Gasteiger partial charge >= 0.3 is 5.97 Å². The van der Waals surface area contributed by atoms with Crippen molar-refractivity contribution in [2.24, 2.45) is 0 Å². The van der Waals surface area contributed by atoms with E-state index in [0.717, 1.165) is 18.6 Å². The molecule has 0 aliphatic rings. The summed E-state index contributed by atoms with van der Waals surface area (Å²) in [4.78, 5) is 11.3. The molecule has 0 aromatic heterocycles. The van der Waals surface area contributed by atoms with E-state index < -0.39 is 11.2 Å². The van der Waals surface area contributed by atoms with Gasteiger partial charge in [-0.05, 0) is 29.9 Å². The molecule has 1 rings (SSSR count). The number of unbranched alkanes of at least 4 members (excludes halogenated alkanes) is 3. The van der Waals surface area contributed by atoms with E-state index >= 15 is 0 Å². The number of rotatable bonds is 8. The molecule has 0 aliphatic heterocycles. The fraction of sp³-hybridized carbons (Fsp3) is 0.500. The third-order valence-electron chi connectivity index (χ3n) is 2.75. The number of thioether (sulfide) groups is 1. The molecular weight excluding hydrogens is 303 g/mol. The number of carbonyl (C=O) groups is 1.